The second-order valence-corrected chi connectivity index (χ2v) is 12.7. The van der Waals surface area contributed by atoms with Crippen molar-refractivity contribution in [3.05, 3.63) is 23.8 Å². The van der Waals surface area contributed by atoms with Crippen molar-refractivity contribution in [2.45, 2.75) is 150 Å². The van der Waals surface area contributed by atoms with Crippen molar-refractivity contribution >= 4 is 24.0 Å². The summed E-state index contributed by atoms with van der Waals surface area (Å²) in [4.78, 5) is 53.4. The van der Waals surface area contributed by atoms with Crippen LogP contribution < -0.4 is 31.9 Å². The van der Waals surface area contributed by atoms with E-state index in [2.05, 4.69) is 72.0 Å². The molecule has 0 bridgehead atoms. The van der Waals surface area contributed by atoms with Crippen LogP contribution in [0.4, 0.5) is 9.59 Å². The van der Waals surface area contributed by atoms with Gasteiger partial charge in [-0.3, -0.25) is 9.59 Å². The summed E-state index contributed by atoms with van der Waals surface area (Å²) in [6.45, 7) is 23.2. The fraction of sp³-hybridized carbons (Fsp3) is 0.700. The molecule has 0 aromatic rings. The van der Waals surface area contributed by atoms with Gasteiger partial charge in [0.1, 0.15) is 23.5 Å². The van der Waals surface area contributed by atoms with Crippen LogP contribution in [-0.4, -0.2) is 109 Å². The third-order valence-electron chi connectivity index (χ3n) is 9.57. The van der Waals surface area contributed by atoms with E-state index >= 15 is 0 Å². The summed E-state index contributed by atoms with van der Waals surface area (Å²) in [5, 5.41) is 19.0. The summed E-state index contributed by atoms with van der Waals surface area (Å²) in [5.41, 5.74) is 0.561. The van der Waals surface area contributed by atoms with Gasteiger partial charge < -0.3 is 51.2 Å². The zero-order valence-electron chi connectivity index (χ0n) is 35.0. The third-order valence-corrected chi connectivity index (χ3v) is 9.57. The molecule has 0 spiro atoms. The molecule has 54 heavy (non-hydrogen) atoms. The summed E-state index contributed by atoms with van der Waals surface area (Å²) in [6, 6.07) is -1.33. The van der Waals surface area contributed by atoms with Crippen LogP contribution in [0.15, 0.2) is 23.8 Å². The van der Waals surface area contributed by atoms with Gasteiger partial charge in [0, 0.05) is 37.7 Å². The van der Waals surface area contributed by atoms with Crippen LogP contribution in [0.25, 0.3) is 0 Å². The first-order chi connectivity index (χ1) is 26.0. The Morgan fingerprint density at radius 2 is 1.24 bits per heavy atom. The minimum atomic E-state index is -0.704. The van der Waals surface area contributed by atoms with Crippen molar-refractivity contribution in [1.82, 2.24) is 41.7 Å². The Kier molecular flexibility index (Phi) is 20.3. The van der Waals surface area contributed by atoms with Gasteiger partial charge in [0.15, 0.2) is 0 Å². The highest BCUT2D eigenvalue weighted by Crippen LogP contribution is 2.47. The van der Waals surface area contributed by atoms with Crippen LogP contribution in [0.2, 0.25) is 0 Å². The lowest BCUT2D eigenvalue weighted by atomic mass is 9.88. The number of nitrogens with zero attached hydrogens (tertiary/aromatic N) is 2. The molecule has 5 rings (SSSR count). The fourth-order valence-corrected chi connectivity index (χ4v) is 7.18. The highest BCUT2D eigenvalue weighted by molar-refractivity contribution is 5.86. The molecule has 4 aliphatic heterocycles. The molecule has 14 nitrogen and oxygen atoms in total. The lowest BCUT2D eigenvalue weighted by molar-refractivity contribution is -0.135. The second-order valence-electron chi connectivity index (χ2n) is 12.7. The summed E-state index contributed by atoms with van der Waals surface area (Å²) in [7, 11) is 2.54. The molecule has 0 aromatic carbocycles. The number of ether oxygens (including phenoxy) is 2. The van der Waals surface area contributed by atoms with E-state index in [4.69, 9.17) is 0 Å². The van der Waals surface area contributed by atoms with Crippen LogP contribution in [0.5, 0.6) is 0 Å². The Balaban J connectivity index is -0.00000114. The van der Waals surface area contributed by atoms with Crippen molar-refractivity contribution in [3.8, 4) is 23.7 Å². The van der Waals surface area contributed by atoms with E-state index in [0.717, 1.165) is 32.1 Å². The van der Waals surface area contributed by atoms with Crippen molar-refractivity contribution in [2.24, 2.45) is 0 Å². The van der Waals surface area contributed by atoms with Gasteiger partial charge in [-0.2, -0.15) is 0 Å². The number of fused-ring (bicyclic) bond motifs is 1. The number of carbonyl (C=O) groups is 4. The van der Waals surface area contributed by atoms with Gasteiger partial charge >= 0.3 is 12.2 Å². The van der Waals surface area contributed by atoms with E-state index in [1.807, 2.05) is 77.6 Å². The maximum atomic E-state index is 13.2. The van der Waals surface area contributed by atoms with Crippen LogP contribution >= 0.6 is 0 Å². The number of hydrogen-bond donors (Lipinski definition) is 6. The van der Waals surface area contributed by atoms with E-state index in [1.54, 1.807) is 13.8 Å². The molecule has 1 aliphatic carbocycles. The number of likely N-dealkylation sites (tertiary alicyclic amines) is 2. The monoisotopic (exact) mass is 765 g/mol. The SMILES string of the molecule is CC.CC.CC.CC.COC(=O)N[C@@H](C)C(=O)N1CCC[C@H]1C1(C)CNC=C(C#CC#CC2=CNC3CC3([C@@H]3CCCN3C(=O)[C@H](C)NC(=O)OC)N2)N1.[HH].[HH].[HH].[HH]. The number of amides is 4. The molecule has 4 heterocycles. The van der Waals surface area contributed by atoms with E-state index in [-0.39, 0.29) is 41.2 Å². The number of nitrogens with one attached hydrogen (secondary N) is 6. The topological polar surface area (TPSA) is 165 Å². The second kappa shape index (κ2) is 23.1. The molecule has 5 aliphatic rings. The minimum Gasteiger partial charge on any atom is -0.453 e. The normalized spacial score (nSPS) is 26.2. The van der Waals surface area contributed by atoms with Gasteiger partial charge in [-0.1, -0.05) is 55.4 Å². The largest absolute Gasteiger partial charge is 0.453 e. The van der Waals surface area contributed by atoms with Gasteiger partial charge in [-0.15, -0.1) is 0 Å². The molecular formula is C40H76N8O6. The number of allylic oxidation sites excluding steroid dienone is 2. The van der Waals surface area contributed by atoms with E-state index < -0.39 is 29.8 Å². The van der Waals surface area contributed by atoms with Gasteiger partial charge in [0.05, 0.1) is 43.4 Å². The average molecular weight is 765 g/mol. The van der Waals surface area contributed by atoms with Crippen molar-refractivity contribution < 1.29 is 34.4 Å². The van der Waals surface area contributed by atoms with Crippen molar-refractivity contribution in [1.29, 1.82) is 0 Å². The van der Waals surface area contributed by atoms with Crippen molar-refractivity contribution in [3.63, 3.8) is 0 Å². The summed E-state index contributed by atoms with van der Waals surface area (Å²) >= 11 is 0. The summed E-state index contributed by atoms with van der Waals surface area (Å²) in [6.07, 6.45) is 6.68. The highest BCUT2D eigenvalue weighted by Gasteiger charge is 2.63. The molecule has 6 N–H and O–H groups in total. The molecule has 14 heteroatoms. The van der Waals surface area contributed by atoms with Gasteiger partial charge in [0.25, 0.3) is 0 Å². The van der Waals surface area contributed by atoms with E-state index in [0.29, 0.717) is 31.0 Å². The zero-order chi connectivity index (χ0) is 41.1. The Hall–Kier alpha value is -4.72. The molecule has 3 fully saturated rings. The minimum absolute atomic E-state index is 0. The van der Waals surface area contributed by atoms with Gasteiger partial charge in [-0.05, 0) is 76.6 Å². The highest BCUT2D eigenvalue weighted by atomic mass is 16.5. The van der Waals surface area contributed by atoms with Gasteiger partial charge in [-0.25, -0.2) is 9.59 Å². The Bertz CT molecular complexity index is 1390. The Morgan fingerprint density at radius 3 is 1.74 bits per heavy atom. The molecule has 7 atom stereocenters. The lowest BCUT2D eigenvalue weighted by Gasteiger charge is -2.44. The molecule has 0 radical (unpaired) electrons. The molecule has 2 saturated heterocycles. The average Bonchev–Trinajstić information content (AvgIpc) is 3.49. The van der Waals surface area contributed by atoms with Crippen molar-refractivity contribution in [2.75, 3.05) is 33.9 Å². The zero-order valence-corrected chi connectivity index (χ0v) is 35.0. The van der Waals surface area contributed by atoms with Gasteiger partial charge in [0.2, 0.25) is 11.8 Å². The molecule has 312 valence electrons. The number of carbonyl (C=O) groups excluding carboxylic acids is 4. The smallest absolute Gasteiger partial charge is 0.407 e. The number of rotatable bonds is 6. The van der Waals surface area contributed by atoms with E-state index in [9.17, 15) is 19.2 Å². The standard InChI is InChI=1S/C32H44N8O6.4C2H6.4H2/c1-20(35-29(43)45-4)27(41)39-14-8-12-25(39)31(3)19-33-17-22(37-31)10-6-7-11-23-18-34-24-16-32(24,38-23)26-13-9-15-40(26)28(42)21(2)36-30(44)46-5;4*1-2;;;;/h17-18,20-21,24-26,33-34,37-38H,8-9,12-16,19H2,1-5H3,(H,35,43)(H,36,44);4*1-2H3;4*1H/t20-,21-,24?,25-,26-,31?,32?;;;;;;;;/m0......../s1. The first-order valence-corrected chi connectivity index (χ1v) is 19.8. The predicted molar refractivity (Wildman–Crippen MR) is 222 cm³/mol. The first kappa shape index (κ1) is 47.3. The Morgan fingerprint density at radius 1 is 0.778 bits per heavy atom. The maximum absolute atomic E-state index is 13.2. The predicted octanol–water partition coefficient (Wildman–Crippen LogP) is 4.89. The van der Waals surface area contributed by atoms with Crippen LogP contribution in [0.3, 0.4) is 0 Å². The van der Waals surface area contributed by atoms with Crippen LogP contribution in [0, 0.1) is 23.7 Å². The number of alkyl carbamates (subject to hydrolysis) is 2. The van der Waals surface area contributed by atoms with Crippen LogP contribution in [0.1, 0.15) is 114 Å². The Labute approximate surface area is 330 Å². The quantitative estimate of drug-likeness (QED) is 0.205. The summed E-state index contributed by atoms with van der Waals surface area (Å²) in [5.74, 6) is 11.8. The first-order valence-electron chi connectivity index (χ1n) is 19.8. The molecule has 3 unspecified atom stereocenters. The number of methoxy groups -OCH3 is 2. The van der Waals surface area contributed by atoms with E-state index in [1.165, 1.54) is 14.2 Å². The number of hydrogen-bond acceptors (Lipinski definition) is 10. The fourth-order valence-electron chi connectivity index (χ4n) is 7.18. The van der Waals surface area contributed by atoms with Crippen LogP contribution in [-0.2, 0) is 19.1 Å². The lowest BCUT2D eigenvalue weighted by Crippen LogP contribution is -2.64. The molecular weight excluding hydrogens is 688 g/mol. The maximum Gasteiger partial charge on any atom is 0.407 e. The molecule has 4 amide bonds. The third kappa shape index (κ3) is 11.6. The molecule has 0 aromatic heterocycles. The molecule has 1 saturated carbocycles. The summed E-state index contributed by atoms with van der Waals surface area (Å²) < 4.78 is 9.30.